The maximum Gasteiger partial charge on any atom is 0.320 e. The van der Waals surface area contributed by atoms with Crippen LogP contribution >= 0.6 is 20.1 Å². The molecule has 1 aliphatic heterocycles. The second-order valence-electron chi connectivity index (χ2n) is 10.7. The number of esters is 1. The highest BCUT2D eigenvalue weighted by Crippen LogP contribution is 2.42. The minimum atomic E-state index is -3.69. The maximum atomic E-state index is 13.9. The minimum absolute atomic E-state index is 0.0353. The van der Waals surface area contributed by atoms with Gasteiger partial charge in [0.15, 0.2) is 23.2 Å². The van der Waals surface area contributed by atoms with Gasteiger partial charge >= 0.3 is 14.5 Å². The molecule has 0 radical (unpaired) electrons. The Labute approximate surface area is 283 Å². The first-order chi connectivity index (χ1) is 23.1. The molecule has 2 aromatic heterocycles. The van der Waals surface area contributed by atoms with E-state index in [-0.39, 0.29) is 29.5 Å². The van der Waals surface area contributed by atoms with Gasteiger partial charge in [-0.1, -0.05) is 17.7 Å². The van der Waals surface area contributed by atoms with Crippen molar-refractivity contribution in [1.29, 1.82) is 0 Å². The quantitative estimate of drug-likeness (QED) is 0.0614. The summed E-state index contributed by atoms with van der Waals surface area (Å²) in [6, 6.07) is 9.43. The number of ether oxygens (including phenoxy) is 2. The summed E-state index contributed by atoms with van der Waals surface area (Å²) in [6.07, 6.45) is -1.89. The van der Waals surface area contributed by atoms with Gasteiger partial charge in [-0.05, 0) is 43.3 Å². The van der Waals surface area contributed by atoms with Crippen molar-refractivity contribution >= 4 is 59.0 Å². The normalized spacial score (nSPS) is 21.5. The summed E-state index contributed by atoms with van der Waals surface area (Å²) in [5, 5.41) is 25.6. The van der Waals surface area contributed by atoms with E-state index in [0.717, 1.165) is 18.4 Å². The minimum Gasteiger partial charge on any atom is -0.460 e. The Kier molecular flexibility index (Phi) is 11.1. The molecule has 1 saturated heterocycles. The molecule has 5 atom stereocenters. The highest BCUT2D eigenvalue weighted by Gasteiger charge is 2.54. The van der Waals surface area contributed by atoms with Crippen LogP contribution in [0.15, 0.2) is 48.8 Å². The van der Waals surface area contributed by atoms with Crippen molar-refractivity contribution in [3.8, 4) is 5.75 Å². The van der Waals surface area contributed by atoms with Crippen molar-refractivity contribution < 1.29 is 50.7 Å². The number of carbonyl (C=O) groups is 1. The molecule has 4 aromatic rings. The summed E-state index contributed by atoms with van der Waals surface area (Å²) < 4.78 is 75.0. The van der Waals surface area contributed by atoms with Gasteiger partial charge in [0.25, 0.3) is 0 Å². The van der Waals surface area contributed by atoms with Gasteiger partial charge in [0.05, 0.1) is 24.8 Å². The number of benzene rings is 2. The number of rotatable bonds is 14. The molecule has 7 N–H and O–H groups in total. The molecule has 0 bridgehead atoms. The molecule has 2 aromatic carbocycles. The van der Waals surface area contributed by atoms with Crippen molar-refractivity contribution in [3.05, 3.63) is 71.0 Å². The van der Waals surface area contributed by atoms with Crippen LogP contribution in [0.5, 0.6) is 5.75 Å². The van der Waals surface area contributed by atoms with E-state index in [9.17, 15) is 32.2 Å². The van der Waals surface area contributed by atoms with Gasteiger partial charge in [0, 0.05) is 5.02 Å². The number of aliphatic hydroxyl groups is 2. The van der Waals surface area contributed by atoms with E-state index in [1.165, 1.54) is 36.0 Å². The highest BCUT2D eigenvalue weighted by molar-refractivity contribution is 7.88. The molecule has 5 rings (SSSR count). The summed E-state index contributed by atoms with van der Waals surface area (Å²) >= 11 is 5.96. The van der Waals surface area contributed by atoms with E-state index in [1.54, 1.807) is 12.1 Å². The summed E-state index contributed by atoms with van der Waals surface area (Å²) in [4.78, 5) is 26.8. The first kappa shape index (κ1) is 36.4. The lowest BCUT2D eigenvalue weighted by Crippen LogP contribution is -2.44. The van der Waals surface area contributed by atoms with Gasteiger partial charge in [0.1, 0.15) is 48.3 Å². The predicted molar refractivity (Wildman–Crippen MR) is 171 cm³/mol. The molecule has 0 saturated carbocycles. The van der Waals surface area contributed by atoms with Crippen LogP contribution in [0.1, 0.15) is 18.7 Å². The molecule has 264 valence electrons. The smallest absolute Gasteiger partial charge is 0.320 e. The number of fused-ring (bicyclic) bond motifs is 1. The third-order valence-corrected chi connectivity index (χ3v) is 8.85. The molecule has 22 heteroatoms. The van der Waals surface area contributed by atoms with Crippen LogP contribution in [0, 0.1) is 11.6 Å². The van der Waals surface area contributed by atoms with Gasteiger partial charge < -0.3 is 34.5 Å². The molecule has 2 unspecified atom stereocenters. The predicted octanol–water partition coefficient (Wildman–Crippen LogP) is 1.88. The molecule has 49 heavy (non-hydrogen) atoms. The Morgan fingerprint density at radius 2 is 1.90 bits per heavy atom. The Balaban J connectivity index is 1.28. The van der Waals surface area contributed by atoms with E-state index in [0.29, 0.717) is 10.8 Å². The number of anilines is 2. The Hall–Kier alpha value is -3.85. The van der Waals surface area contributed by atoms with Crippen LogP contribution in [0.2, 0.25) is 5.02 Å². The standard InChI is InChI=1S/C27H30ClF2N8O9PS/c1-27(41)22(40)19(46-25(27)38-13-32-21-23(36-37-49(2,42)43)34-26(31)35-24(21)38)12-45-48(47-15-8-6-14(28)7-9-15)33-10-20(39)44-11-16-17(29)4-3-5-18(16)30/h3-9,13,19,22,25,33,37,40-41H,10-12H2,1-2H3,(H3,31,34,35,36)/t19?,22-,25-,27-,48?/m1/s1. The van der Waals surface area contributed by atoms with Crippen LogP contribution < -0.4 is 25.6 Å². The number of aromatic nitrogens is 4. The Morgan fingerprint density at radius 3 is 2.57 bits per heavy atom. The van der Waals surface area contributed by atoms with E-state index in [1.807, 2.05) is 0 Å². The van der Waals surface area contributed by atoms with Crippen molar-refractivity contribution in [1.82, 2.24) is 29.4 Å². The Bertz CT molecular complexity index is 1910. The lowest BCUT2D eigenvalue weighted by atomic mass is 9.96. The fourth-order valence-electron chi connectivity index (χ4n) is 4.55. The molecule has 0 aliphatic carbocycles. The average Bonchev–Trinajstić information content (AvgIpc) is 3.54. The number of nitrogens with zero attached hydrogens (tertiary/aromatic N) is 4. The number of hydrazine groups is 1. The molecule has 0 spiro atoms. The summed E-state index contributed by atoms with van der Waals surface area (Å²) in [6.45, 7) is -0.233. The van der Waals surface area contributed by atoms with Crippen molar-refractivity contribution in [2.45, 2.75) is 37.6 Å². The summed E-state index contributed by atoms with van der Waals surface area (Å²) in [5.41, 5.74) is 5.95. The van der Waals surface area contributed by atoms with Crippen molar-refractivity contribution in [2.24, 2.45) is 0 Å². The number of nitrogens with one attached hydrogen (secondary N) is 3. The number of nitrogen functional groups attached to an aromatic ring is 1. The van der Waals surface area contributed by atoms with Crippen LogP contribution in [-0.2, 0) is 35.4 Å². The number of aliphatic hydroxyl groups excluding tert-OH is 1. The molecule has 17 nitrogen and oxygen atoms in total. The second-order valence-corrected chi connectivity index (χ2v) is 14.2. The molecule has 3 heterocycles. The maximum absolute atomic E-state index is 13.9. The average molecular weight is 747 g/mol. The number of nitrogens with two attached hydrogens (primary N) is 1. The van der Waals surface area contributed by atoms with Crippen LogP contribution in [0.4, 0.5) is 20.5 Å². The zero-order chi connectivity index (χ0) is 35.5. The lowest BCUT2D eigenvalue weighted by Gasteiger charge is -2.27. The topological polar surface area (TPSA) is 234 Å². The number of hydrogen-bond donors (Lipinski definition) is 6. The van der Waals surface area contributed by atoms with E-state index in [2.05, 4.69) is 30.3 Å². The van der Waals surface area contributed by atoms with E-state index < -0.39 is 78.9 Å². The number of hydrogen-bond acceptors (Lipinski definition) is 15. The molecule has 1 aliphatic rings. The van der Waals surface area contributed by atoms with E-state index in [4.69, 9.17) is 35.9 Å². The third kappa shape index (κ3) is 8.85. The molecular formula is C27H30ClF2N8O9PS. The fourth-order valence-corrected chi connectivity index (χ4v) is 6.02. The Morgan fingerprint density at radius 1 is 1.20 bits per heavy atom. The van der Waals surface area contributed by atoms with E-state index >= 15 is 0 Å². The fraction of sp³-hybridized carbons (Fsp3) is 0.333. The van der Waals surface area contributed by atoms with Crippen LogP contribution in [-0.4, -0.2) is 81.3 Å². The van der Waals surface area contributed by atoms with Gasteiger partial charge in [0.2, 0.25) is 16.0 Å². The first-order valence-electron chi connectivity index (χ1n) is 14.1. The van der Waals surface area contributed by atoms with Gasteiger partial charge in [-0.2, -0.15) is 9.97 Å². The number of halogens is 3. The van der Waals surface area contributed by atoms with Crippen molar-refractivity contribution in [2.75, 3.05) is 30.6 Å². The first-order valence-corrected chi connectivity index (χ1v) is 17.5. The van der Waals surface area contributed by atoms with Crippen molar-refractivity contribution in [3.63, 3.8) is 0 Å². The van der Waals surface area contributed by atoms with Crippen LogP contribution in [0.3, 0.4) is 0 Å². The molecule has 0 amide bonds. The second kappa shape index (κ2) is 15.0. The zero-order valence-corrected chi connectivity index (χ0v) is 28.0. The summed E-state index contributed by atoms with van der Waals surface area (Å²) in [7, 11) is -5.86. The lowest BCUT2D eigenvalue weighted by molar-refractivity contribution is -0.143. The largest absolute Gasteiger partial charge is 0.460 e. The van der Waals surface area contributed by atoms with Gasteiger partial charge in [-0.15, -0.1) is 4.83 Å². The van der Waals surface area contributed by atoms with Gasteiger partial charge in [-0.25, -0.2) is 27.3 Å². The SMILES string of the molecule is C[C@@]1(O)[C@H](O)C(COP(NCC(=O)OCc2c(F)cccc2F)Oc2ccc(Cl)cc2)O[C@H]1n1cnc2c(NNS(C)(=O)=O)nc(N)nc21. The third-order valence-electron chi connectivity index (χ3n) is 6.95. The molecular weight excluding hydrogens is 717 g/mol. The molecule has 1 fully saturated rings. The van der Waals surface area contributed by atoms with Crippen LogP contribution in [0.25, 0.3) is 11.2 Å². The number of imidazole rings is 1. The summed E-state index contributed by atoms with van der Waals surface area (Å²) in [5.74, 6) is -2.69. The highest BCUT2D eigenvalue weighted by atomic mass is 35.5. The van der Waals surface area contributed by atoms with Gasteiger partial charge in [-0.3, -0.25) is 14.8 Å². The number of carbonyl (C=O) groups excluding carboxylic acids is 1. The zero-order valence-electron chi connectivity index (χ0n) is 25.6. The number of sulfonamides is 1. The monoisotopic (exact) mass is 746 g/mol.